The van der Waals surface area contributed by atoms with Crippen LogP contribution >= 0.6 is 0 Å². The fourth-order valence-electron chi connectivity index (χ4n) is 1.96. The van der Waals surface area contributed by atoms with Crippen molar-refractivity contribution < 1.29 is 14.3 Å². The molecule has 0 aliphatic carbocycles. The quantitative estimate of drug-likeness (QED) is 0.698. The van der Waals surface area contributed by atoms with Gasteiger partial charge in [-0.1, -0.05) is 31.9 Å². The molecule has 0 aliphatic heterocycles. The number of carboxylic acids is 1. The average Bonchev–Trinajstić information content (AvgIpc) is 2.38. The van der Waals surface area contributed by atoms with Crippen molar-refractivity contribution >= 4 is 5.97 Å². The van der Waals surface area contributed by atoms with Gasteiger partial charge in [-0.15, -0.1) is 0 Å². The lowest BCUT2D eigenvalue weighted by Crippen LogP contribution is -2.27. The van der Waals surface area contributed by atoms with E-state index in [9.17, 15) is 9.18 Å². The summed E-state index contributed by atoms with van der Waals surface area (Å²) in [7, 11) is 0. The second kappa shape index (κ2) is 8.64. The monoisotopic (exact) mass is 267 g/mol. The number of hydrogen-bond acceptors (Lipinski definition) is 2. The van der Waals surface area contributed by atoms with Gasteiger partial charge in [0.1, 0.15) is 5.82 Å². The largest absolute Gasteiger partial charge is 0.481 e. The van der Waals surface area contributed by atoms with Crippen molar-refractivity contribution in [1.82, 2.24) is 4.90 Å². The molecule has 3 nitrogen and oxygen atoms in total. The minimum atomic E-state index is -0.778. The molecule has 0 aliphatic rings. The summed E-state index contributed by atoms with van der Waals surface area (Å²) in [6.45, 7) is 4.24. The van der Waals surface area contributed by atoms with Crippen LogP contribution in [0.5, 0.6) is 0 Å². The van der Waals surface area contributed by atoms with Crippen LogP contribution in [-0.2, 0) is 11.3 Å². The first kappa shape index (κ1) is 15.6. The molecular weight excluding hydrogens is 245 g/mol. The molecular formula is C15H22FNO2. The lowest BCUT2D eigenvalue weighted by Gasteiger charge is -2.21. The molecule has 1 aromatic rings. The van der Waals surface area contributed by atoms with E-state index in [0.29, 0.717) is 13.1 Å². The van der Waals surface area contributed by atoms with Gasteiger partial charge >= 0.3 is 5.97 Å². The summed E-state index contributed by atoms with van der Waals surface area (Å²) in [6.07, 6.45) is 3.50. The van der Waals surface area contributed by atoms with E-state index < -0.39 is 5.97 Å². The van der Waals surface area contributed by atoms with Crippen molar-refractivity contribution in [3.63, 3.8) is 0 Å². The molecule has 0 aromatic heterocycles. The zero-order valence-electron chi connectivity index (χ0n) is 11.4. The Bertz CT molecular complexity index is 378. The van der Waals surface area contributed by atoms with Gasteiger partial charge in [-0.25, -0.2) is 4.39 Å². The van der Waals surface area contributed by atoms with Crippen molar-refractivity contribution in [2.24, 2.45) is 0 Å². The predicted molar refractivity (Wildman–Crippen MR) is 73.5 cm³/mol. The van der Waals surface area contributed by atoms with E-state index in [-0.39, 0.29) is 12.2 Å². The van der Waals surface area contributed by atoms with E-state index >= 15 is 0 Å². The Hall–Kier alpha value is -1.42. The van der Waals surface area contributed by atoms with Gasteiger partial charge in [0.2, 0.25) is 0 Å². The van der Waals surface area contributed by atoms with Crippen molar-refractivity contribution in [3.05, 3.63) is 35.6 Å². The van der Waals surface area contributed by atoms with Crippen molar-refractivity contribution in [2.45, 2.75) is 39.2 Å². The predicted octanol–water partition coefficient (Wildman–Crippen LogP) is 3.29. The van der Waals surface area contributed by atoms with Crippen LogP contribution in [0.2, 0.25) is 0 Å². The highest BCUT2D eigenvalue weighted by molar-refractivity contribution is 5.66. The Morgan fingerprint density at radius 1 is 1.21 bits per heavy atom. The lowest BCUT2D eigenvalue weighted by molar-refractivity contribution is -0.137. The highest BCUT2D eigenvalue weighted by Gasteiger charge is 2.08. The van der Waals surface area contributed by atoms with Crippen LogP contribution in [-0.4, -0.2) is 29.1 Å². The molecule has 0 saturated heterocycles. The number of nitrogens with zero attached hydrogens (tertiary/aromatic N) is 1. The Labute approximate surface area is 114 Å². The van der Waals surface area contributed by atoms with Crippen LogP contribution in [0, 0.1) is 5.82 Å². The van der Waals surface area contributed by atoms with Crippen LogP contribution in [0.15, 0.2) is 24.3 Å². The van der Waals surface area contributed by atoms with E-state index in [0.717, 1.165) is 31.4 Å². The van der Waals surface area contributed by atoms with Crippen LogP contribution in [0.25, 0.3) is 0 Å². The first-order valence-corrected chi connectivity index (χ1v) is 6.80. The Morgan fingerprint density at radius 2 is 1.89 bits per heavy atom. The maximum absolute atomic E-state index is 12.8. The fraction of sp³-hybridized carbons (Fsp3) is 0.533. The summed E-state index contributed by atoms with van der Waals surface area (Å²) in [6, 6.07) is 6.39. The van der Waals surface area contributed by atoms with Crippen LogP contribution < -0.4 is 0 Å². The molecule has 1 aromatic carbocycles. The molecule has 1 N–H and O–H groups in total. The molecule has 0 atom stereocenters. The summed E-state index contributed by atoms with van der Waals surface area (Å²) < 4.78 is 12.8. The number of rotatable bonds is 9. The van der Waals surface area contributed by atoms with Gasteiger partial charge in [0, 0.05) is 13.1 Å². The van der Waals surface area contributed by atoms with E-state index in [1.165, 1.54) is 12.1 Å². The standard InChI is InChI=1S/C15H22FNO2/c1-2-3-4-10-17(11-9-15(18)19)12-13-5-7-14(16)8-6-13/h5-8H,2-4,9-12H2,1H3,(H,18,19). The topological polar surface area (TPSA) is 40.5 Å². The van der Waals surface area contributed by atoms with Gasteiger partial charge < -0.3 is 5.11 Å². The highest BCUT2D eigenvalue weighted by Crippen LogP contribution is 2.09. The zero-order chi connectivity index (χ0) is 14.1. The summed E-state index contributed by atoms with van der Waals surface area (Å²) in [5.41, 5.74) is 1.02. The number of carbonyl (C=O) groups is 1. The average molecular weight is 267 g/mol. The number of carboxylic acid groups (broad SMARTS) is 1. The molecule has 0 unspecified atom stereocenters. The molecule has 0 saturated carbocycles. The van der Waals surface area contributed by atoms with E-state index in [4.69, 9.17) is 5.11 Å². The van der Waals surface area contributed by atoms with Gasteiger partial charge in [-0.3, -0.25) is 9.69 Å². The number of aliphatic carboxylic acids is 1. The molecule has 0 amide bonds. The Kier molecular flexibility index (Phi) is 7.11. The molecule has 0 fully saturated rings. The first-order chi connectivity index (χ1) is 9.11. The first-order valence-electron chi connectivity index (χ1n) is 6.80. The van der Waals surface area contributed by atoms with E-state index in [1.54, 1.807) is 12.1 Å². The van der Waals surface area contributed by atoms with Gasteiger partial charge in [0.05, 0.1) is 6.42 Å². The smallest absolute Gasteiger partial charge is 0.304 e. The molecule has 0 bridgehead atoms. The van der Waals surface area contributed by atoms with Crippen LogP contribution in [0.3, 0.4) is 0 Å². The van der Waals surface area contributed by atoms with E-state index in [1.807, 2.05) is 0 Å². The van der Waals surface area contributed by atoms with Crippen LogP contribution in [0.4, 0.5) is 4.39 Å². The van der Waals surface area contributed by atoms with Gasteiger partial charge in [-0.05, 0) is 30.7 Å². The summed E-state index contributed by atoms with van der Waals surface area (Å²) in [4.78, 5) is 12.8. The third kappa shape index (κ3) is 6.91. The molecule has 0 heterocycles. The number of hydrogen-bond donors (Lipinski definition) is 1. The molecule has 19 heavy (non-hydrogen) atoms. The minimum Gasteiger partial charge on any atom is -0.481 e. The molecule has 0 spiro atoms. The van der Waals surface area contributed by atoms with Crippen molar-refractivity contribution in [2.75, 3.05) is 13.1 Å². The second-order valence-corrected chi connectivity index (χ2v) is 4.75. The lowest BCUT2D eigenvalue weighted by atomic mass is 10.2. The van der Waals surface area contributed by atoms with Gasteiger partial charge in [0.25, 0.3) is 0 Å². The second-order valence-electron chi connectivity index (χ2n) is 4.75. The van der Waals surface area contributed by atoms with Crippen molar-refractivity contribution in [3.8, 4) is 0 Å². The summed E-state index contributed by atoms with van der Waals surface area (Å²) >= 11 is 0. The third-order valence-corrected chi connectivity index (χ3v) is 3.04. The maximum Gasteiger partial charge on any atom is 0.304 e. The van der Waals surface area contributed by atoms with Crippen LogP contribution in [0.1, 0.15) is 38.2 Å². The normalized spacial score (nSPS) is 10.9. The molecule has 0 radical (unpaired) electrons. The Morgan fingerprint density at radius 3 is 2.47 bits per heavy atom. The number of benzene rings is 1. The third-order valence-electron chi connectivity index (χ3n) is 3.04. The maximum atomic E-state index is 12.8. The SMILES string of the molecule is CCCCCN(CCC(=O)O)Cc1ccc(F)cc1. The summed E-state index contributed by atoms with van der Waals surface area (Å²) in [5, 5.41) is 8.76. The Balaban J connectivity index is 2.51. The fourth-order valence-corrected chi connectivity index (χ4v) is 1.96. The molecule has 1 rings (SSSR count). The van der Waals surface area contributed by atoms with Gasteiger partial charge in [0.15, 0.2) is 0 Å². The molecule has 106 valence electrons. The zero-order valence-corrected chi connectivity index (χ0v) is 11.4. The highest BCUT2D eigenvalue weighted by atomic mass is 19.1. The summed E-state index contributed by atoms with van der Waals surface area (Å²) in [5.74, 6) is -1.02. The minimum absolute atomic E-state index is 0.146. The number of unbranched alkanes of at least 4 members (excludes halogenated alkanes) is 2. The van der Waals surface area contributed by atoms with Crippen molar-refractivity contribution in [1.29, 1.82) is 0 Å². The van der Waals surface area contributed by atoms with Gasteiger partial charge in [-0.2, -0.15) is 0 Å². The molecule has 4 heteroatoms. The van der Waals surface area contributed by atoms with E-state index in [2.05, 4.69) is 11.8 Å². The number of halogens is 1.